The van der Waals surface area contributed by atoms with Gasteiger partial charge in [0.2, 0.25) is 0 Å². The van der Waals surface area contributed by atoms with E-state index in [2.05, 4.69) is 277 Å². The fourth-order valence-electron chi connectivity index (χ4n) is 10.4. The molecular formula is C68H46N2O. The highest BCUT2D eigenvalue weighted by Gasteiger charge is 2.21. The minimum Gasteiger partial charge on any atom is -0.455 e. The molecule has 0 unspecified atom stereocenters. The van der Waals surface area contributed by atoms with Gasteiger partial charge in [0.05, 0.1) is 0 Å². The quantitative estimate of drug-likeness (QED) is 0.136. The number of anilines is 6. The van der Waals surface area contributed by atoms with Crippen molar-refractivity contribution < 1.29 is 4.42 Å². The van der Waals surface area contributed by atoms with E-state index >= 15 is 0 Å². The number of hydrogen-bond donors (Lipinski definition) is 0. The smallest absolute Gasteiger partial charge is 0.143 e. The topological polar surface area (TPSA) is 19.6 Å². The van der Waals surface area contributed by atoms with Crippen LogP contribution >= 0.6 is 0 Å². The van der Waals surface area contributed by atoms with Crippen molar-refractivity contribution in [2.75, 3.05) is 9.80 Å². The van der Waals surface area contributed by atoms with Gasteiger partial charge >= 0.3 is 0 Å². The lowest BCUT2D eigenvalue weighted by atomic mass is 9.97. The largest absolute Gasteiger partial charge is 0.455 e. The van der Waals surface area contributed by atoms with Crippen LogP contribution in [0.1, 0.15) is 0 Å². The fraction of sp³-hybridized carbons (Fsp3) is 0. The minimum atomic E-state index is 0.897. The molecule has 0 radical (unpaired) electrons. The molecule has 13 rings (SSSR count). The van der Waals surface area contributed by atoms with Gasteiger partial charge in [-0.1, -0.05) is 206 Å². The summed E-state index contributed by atoms with van der Waals surface area (Å²) in [6, 6.07) is 100. The number of rotatable bonds is 10. The zero-order chi connectivity index (χ0) is 47.1. The Morgan fingerprint density at radius 3 is 1.15 bits per heavy atom. The first-order chi connectivity index (χ1) is 35.2. The molecular weight excluding hydrogens is 861 g/mol. The monoisotopic (exact) mass is 906 g/mol. The Kier molecular flexibility index (Phi) is 10.5. The summed E-state index contributed by atoms with van der Waals surface area (Å²) in [5, 5.41) is 7.20. The van der Waals surface area contributed by atoms with Gasteiger partial charge in [-0.3, -0.25) is 0 Å². The van der Waals surface area contributed by atoms with Crippen molar-refractivity contribution in [1.82, 2.24) is 0 Å². The molecule has 12 aromatic carbocycles. The van der Waals surface area contributed by atoms with Crippen molar-refractivity contribution in [3.63, 3.8) is 0 Å². The molecule has 334 valence electrons. The second-order valence-corrected chi connectivity index (χ2v) is 18.1. The third-order valence-corrected chi connectivity index (χ3v) is 13.8. The maximum absolute atomic E-state index is 6.50. The van der Waals surface area contributed by atoms with Gasteiger partial charge in [-0.15, -0.1) is 0 Å². The highest BCUT2D eigenvalue weighted by molar-refractivity contribution is 6.09. The molecule has 3 heteroatoms. The van der Waals surface area contributed by atoms with Crippen LogP contribution in [-0.2, 0) is 0 Å². The molecule has 0 N–H and O–H groups in total. The van der Waals surface area contributed by atoms with Crippen LogP contribution in [-0.4, -0.2) is 0 Å². The van der Waals surface area contributed by atoms with Crippen LogP contribution in [0.2, 0.25) is 0 Å². The molecule has 0 aliphatic rings. The third kappa shape index (κ3) is 7.76. The van der Waals surface area contributed by atoms with Crippen molar-refractivity contribution in [3.8, 4) is 44.5 Å². The Hall–Kier alpha value is -9.44. The predicted octanol–water partition coefficient (Wildman–Crippen LogP) is 19.5. The van der Waals surface area contributed by atoms with E-state index in [1.807, 2.05) is 12.1 Å². The van der Waals surface area contributed by atoms with E-state index in [0.717, 1.165) is 78.3 Å². The SMILES string of the molecule is c1ccc(N(c2ccc(-c3cccc4ccccc34)cc2)c2cc(-c3ccc(-c4cccc5c4oc4ccccc45)cc3)cc(N(c3ccccc3)c3ccc(-c4cccc5ccccc45)cc3)c2)cc1. The second kappa shape index (κ2) is 17.9. The summed E-state index contributed by atoms with van der Waals surface area (Å²) in [5.41, 5.74) is 17.3. The van der Waals surface area contributed by atoms with Gasteiger partial charge < -0.3 is 14.2 Å². The lowest BCUT2D eigenvalue weighted by molar-refractivity contribution is 0.670. The standard InChI is InChI=1S/C68H46N2O/c1-3-20-54(21-4-1)69(56-40-36-50(37-41-56)62-27-13-18-48-16-7-9-24-60(48)62)58-44-53(47-32-34-52(35-33-47)64-29-15-30-66-65-26-11-12-31-67(65)71-68(64)66)45-59(46-58)70(55-22-5-2-6-23-55)57-42-38-51(39-43-57)63-28-14-19-49-17-8-10-25-61(49)63/h1-46H. The number of hydrogen-bond acceptors (Lipinski definition) is 3. The highest BCUT2D eigenvalue weighted by atomic mass is 16.3. The van der Waals surface area contributed by atoms with Gasteiger partial charge in [-0.05, 0) is 133 Å². The first-order valence-electron chi connectivity index (χ1n) is 24.2. The Balaban J connectivity index is 0.973. The lowest BCUT2D eigenvalue weighted by Gasteiger charge is -2.30. The zero-order valence-electron chi connectivity index (χ0n) is 38.9. The molecule has 0 amide bonds. The van der Waals surface area contributed by atoms with Gasteiger partial charge in [0.25, 0.3) is 0 Å². The van der Waals surface area contributed by atoms with Gasteiger partial charge in [0.1, 0.15) is 11.2 Å². The van der Waals surface area contributed by atoms with Gasteiger partial charge in [-0.2, -0.15) is 0 Å². The average Bonchev–Trinajstić information content (AvgIpc) is 3.83. The van der Waals surface area contributed by atoms with Crippen molar-refractivity contribution in [2.24, 2.45) is 0 Å². The van der Waals surface area contributed by atoms with Crippen LogP contribution in [0.15, 0.2) is 283 Å². The molecule has 71 heavy (non-hydrogen) atoms. The van der Waals surface area contributed by atoms with Crippen molar-refractivity contribution in [2.45, 2.75) is 0 Å². The summed E-state index contributed by atoms with van der Waals surface area (Å²) in [6.45, 7) is 0. The van der Waals surface area contributed by atoms with E-state index in [1.54, 1.807) is 0 Å². The molecule has 0 spiro atoms. The average molecular weight is 907 g/mol. The highest BCUT2D eigenvalue weighted by Crippen LogP contribution is 2.45. The number of para-hydroxylation sites is 4. The second-order valence-electron chi connectivity index (χ2n) is 18.1. The fourth-order valence-corrected chi connectivity index (χ4v) is 10.4. The molecule has 1 heterocycles. The van der Waals surface area contributed by atoms with Crippen LogP contribution in [0.3, 0.4) is 0 Å². The van der Waals surface area contributed by atoms with Crippen LogP contribution in [0.25, 0.3) is 88.0 Å². The summed E-state index contributed by atoms with van der Waals surface area (Å²) >= 11 is 0. The molecule has 0 aliphatic carbocycles. The molecule has 0 saturated carbocycles. The van der Waals surface area contributed by atoms with E-state index in [0.29, 0.717) is 0 Å². The summed E-state index contributed by atoms with van der Waals surface area (Å²) in [7, 11) is 0. The lowest BCUT2D eigenvalue weighted by Crippen LogP contribution is -2.13. The molecule has 0 aliphatic heterocycles. The molecule has 3 nitrogen and oxygen atoms in total. The summed E-state index contributed by atoms with van der Waals surface area (Å²) in [4.78, 5) is 4.76. The van der Waals surface area contributed by atoms with E-state index in [9.17, 15) is 0 Å². The molecule has 0 atom stereocenters. The molecule has 0 saturated heterocycles. The van der Waals surface area contributed by atoms with E-state index in [4.69, 9.17) is 4.42 Å². The number of nitrogens with zero attached hydrogens (tertiary/aromatic N) is 2. The molecule has 13 aromatic rings. The first kappa shape index (κ1) is 41.7. The van der Waals surface area contributed by atoms with Gasteiger partial charge in [0, 0.05) is 50.5 Å². The number of furan rings is 1. The minimum absolute atomic E-state index is 0.897. The number of benzene rings is 12. The van der Waals surface area contributed by atoms with E-state index in [1.165, 1.54) is 43.8 Å². The summed E-state index contributed by atoms with van der Waals surface area (Å²) in [6.07, 6.45) is 0. The molecule has 0 fully saturated rings. The Labute approximate surface area is 413 Å². The van der Waals surface area contributed by atoms with Crippen molar-refractivity contribution in [3.05, 3.63) is 279 Å². The summed E-state index contributed by atoms with van der Waals surface area (Å²) in [5.74, 6) is 0. The zero-order valence-corrected chi connectivity index (χ0v) is 38.9. The van der Waals surface area contributed by atoms with Crippen molar-refractivity contribution >= 4 is 77.6 Å². The van der Waals surface area contributed by atoms with Crippen LogP contribution in [0, 0.1) is 0 Å². The Morgan fingerprint density at radius 1 is 0.225 bits per heavy atom. The van der Waals surface area contributed by atoms with Gasteiger partial charge in [0.15, 0.2) is 0 Å². The first-order valence-corrected chi connectivity index (χ1v) is 24.2. The normalized spacial score (nSPS) is 11.4. The maximum Gasteiger partial charge on any atom is 0.143 e. The van der Waals surface area contributed by atoms with E-state index in [-0.39, 0.29) is 0 Å². The summed E-state index contributed by atoms with van der Waals surface area (Å²) < 4.78 is 6.50. The predicted molar refractivity (Wildman–Crippen MR) is 300 cm³/mol. The van der Waals surface area contributed by atoms with E-state index < -0.39 is 0 Å². The Bertz CT molecular complexity index is 3830. The van der Waals surface area contributed by atoms with Gasteiger partial charge in [-0.25, -0.2) is 0 Å². The van der Waals surface area contributed by atoms with Crippen LogP contribution in [0.5, 0.6) is 0 Å². The molecule has 1 aromatic heterocycles. The Morgan fingerprint density at radius 2 is 0.606 bits per heavy atom. The molecule has 0 bridgehead atoms. The van der Waals surface area contributed by atoms with Crippen LogP contribution in [0.4, 0.5) is 34.1 Å². The van der Waals surface area contributed by atoms with Crippen LogP contribution < -0.4 is 9.80 Å². The number of fused-ring (bicyclic) bond motifs is 5. The van der Waals surface area contributed by atoms with Crippen molar-refractivity contribution in [1.29, 1.82) is 0 Å². The third-order valence-electron chi connectivity index (χ3n) is 13.8. The maximum atomic E-state index is 6.50.